The number of hydrogen-bond acceptors (Lipinski definition) is 8. The Balaban J connectivity index is 1.98. The second-order valence-electron chi connectivity index (χ2n) is 10.6. The molecule has 1 unspecified atom stereocenters. The first kappa shape index (κ1) is 32.8. The molecule has 2 aromatic carbocycles. The lowest BCUT2D eigenvalue weighted by atomic mass is 9.93. The van der Waals surface area contributed by atoms with Gasteiger partial charge in [-0.2, -0.15) is 0 Å². The third-order valence-corrected chi connectivity index (χ3v) is 12.0. The van der Waals surface area contributed by atoms with Gasteiger partial charge in [-0.1, -0.05) is 25.1 Å². The Morgan fingerprint density at radius 3 is 2.21 bits per heavy atom. The molecule has 232 valence electrons. The van der Waals surface area contributed by atoms with Crippen molar-refractivity contribution in [2.75, 3.05) is 52.4 Å². The monoisotopic (exact) mass is 626 g/mol. The van der Waals surface area contributed by atoms with Gasteiger partial charge in [0.1, 0.15) is 34.6 Å². The topological polar surface area (TPSA) is 104 Å². The van der Waals surface area contributed by atoms with Crippen LogP contribution in [0.4, 0.5) is 5.69 Å². The normalized spacial score (nSPS) is 13.9. The molecular weight excluding hydrogens is 585 g/mol. The van der Waals surface area contributed by atoms with Crippen LogP contribution in [0.5, 0.6) is 0 Å². The van der Waals surface area contributed by atoms with Crippen molar-refractivity contribution in [3.63, 3.8) is 0 Å². The van der Waals surface area contributed by atoms with E-state index in [2.05, 4.69) is 37.2 Å². The molecule has 0 saturated heterocycles. The van der Waals surface area contributed by atoms with E-state index < -0.39 is 18.9 Å². The van der Waals surface area contributed by atoms with E-state index in [4.69, 9.17) is 17.7 Å². The van der Waals surface area contributed by atoms with E-state index in [9.17, 15) is 13.0 Å². The van der Waals surface area contributed by atoms with Gasteiger partial charge in [0.2, 0.25) is 5.36 Å². The molecule has 43 heavy (non-hydrogen) atoms. The summed E-state index contributed by atoms with van der Waals surface area (Å²) < 4.78 is 62.8. The second-order valence-corrected chi connectivity index (χ2v) is 15.0. The standard InChI is InChI=1S/C32H42N2O7SSi/c1-8-33(9-2)24-15-17-26-29(19-24)41-30-20-25(34(10-3)21-23(4)22-43(38-5,39-6)40-7)16-18-27(30)32(26)28-13-11-12-14-31(28)42(35,36)37/h11-20,23H,8-10,21-22H2,1-7H3. The molecule has 4 rings (SSSR count). The van der Waals surface area contributed by atoms with E-state index in [0.29, 0.717) is 28.5 Å². The molecule has 0 radical (unpaired) electrons. The largest absolute Gasteiger partial charge is 0.744 e. The highest BCUT2D eigenvalue weighted by molar-refractivity contribution is 7.85. The fourth-order valence-corrected chi connectivity index (χ4v) is 8.48. The van der Waals surface area contributed by atoms with Crippen molar-refractivity contribution in [2.45, 2.75) is 38.6 Å². The molecule has 2 aromatic rings. The maximum atomic E-state index is 12.4. The third kappa shape index (κ3) is 6.87. The van der Waals surface area contributed by atoms with Gasteiger partial charge in [0.25, 0.3) is 0 Å². The molecule has 1 aliphatic carbocycles. The SMILES string of the molecule is CCN(CC)c1ccc2c(-c3ccccc3S(=O)(=O)[O-])c3ccc(=[N+](CC)CC(C)C[Si](OC)(OC)OC)cc-3oc2c1. The second kappa shape index (κ2) is 13.7. The summed E-state index contributed by atoms with van der Waals surface area (Å²) in [4.78, 5) is 1.96. The molecule has 0 bridgehead atoms. The summed E-state index contributed by atoms with van der Waals surface area (Å²) >= 11 is 0. The molecule has 0 spiro atoms. The Hall–Kier alpha value is -3.06. The van der Waals surface area contributed by atoms with Crippen molar-refractivity contribution in [2.24, 2.45) is 5.92 Å². The maximum absolute atomic E-state index is 12.4. The minimum atomic E-state index is -4.73. The fourth-order valence-electron chi connectivity index (χ4n) is 5.82. The number of hydrogen-bond donors (Lipinski definition) is 0. The van der Waals surface area contributed by atoms with Crippen LogP contribution in [-0.2, 0) is 23.4 Å². The van der Waals surface area contributed by atoms with E-state index >= 15 is 0 Å². The molecule has 9 nitrogen and oxygen atoms in total. The Bertz CT molecular complexity index is 1700. The van der Waals surface area contributed by atoms with E-state index in [0.717, 1.165) is 48.2 Å². The van der Waals surface area contributed by atoms with E-state index in [1.807, 2.05) is 36.4 Å². The van der Waals surface area contributed by atoms with Gasteiger partial charge in [-0.25, -0.2) is 13.0 Å². The molecule has 0 saturated carbocycles. The number of anilines is 1. The number of nitrogens with zero attached hydrogens (tertiary/aromatic N) is 2. The molecule has 2 aliphatic rings. The fraction of sp³-hybridized carbons (Fsp3) is 0.406. The molecule has 0 fully saturated rings. The highest BCUT2D eigenvalue weighted by Gasteiger charge is 2.40. The summed E-state index contributed by atoms with van der Waals surface area (Å²) in [7, 11) is -2.61. The first-order valence-corrected chi connectivity index (χ1v) is 17.9. The Morgan fingerprint density at radius 1 is 0.930 bits per heavy atom. The number of benzene rings is 3. The van der Waals surface area contributed by atoms with Crippen LogP contribution in [0.3, 0.4) is 0 Å². The van der Waals surface area contributed by atoms with Crippen LogP contribution in [0.25, 0.3) is 33.4 Å². The van der Waals surface area contributed by atoms with Crippen LogP contribution < -0.4 is 14.8 Å². The molecule has 1 atom stereocenters. The van der Waals surface area contributed by atoms with Gasteiger partial charge in [0.15, 0.2) is 0 Å². The molecule has 0 aromatic heterocycles. The number of fused-ring (bicyclic) bond motifs is 2. The lowest BCUT2D eigenvalue weighted by Crippen LogP contribution is -2.46. The Morgan fingerprint density at radius 2 is 1.60 bits per heavy atom. The van der Waals surface area contributed by atoms with Gasteiger partial charge in [-0.05, 0) is 45.0 Å². The average molecular weight is 627 g/mol. The van der Waals surface area contributed by atoms with Crippen molar-refractivity contribution in [3.8, 4) is 22.5 Å². The summed E-state index contributed by atoms with van der Waals surface area (Å²) in [6.45, 7) is 11.6. The van der Waals surface area contributed by atoms with Crippen molar-refractivity contribution in [1.82, 2.24) is 4.58 Å². The van der Waals surface area contributed by atoms with Gasteiger partial charge in [-0.15, -0.1) is 0 Å². The highest BCUT2D eigenvalue weighted by atomic mass is 32.2. The van der Waals surface area contributed by atoms with Crippen molar-refractivity contribution in [3.05, 3.63) is 66.0 Å². The Labute approximate surface area is 255 Å². The first-order chi connectivity index (χ1) is 20.5. The van der Waals surface area contributed by atoms with Crippen LogP contribution >= 0.6 is 0 Å². The summed E-state index contributed by atoms with van der Waals surface area (Å²) in [5.41, 5.74) is 3.33. The molecule has 1 aliphatic heterocycles. The quantitative estimate of drug-likeness (QED) is 0.0857. The zero-order valence-electron chi connectivity index (χ0n) is 26.0. The molecule has 0 N–H and O–H groups in total. The first-order valence-electron chi connectivity index (χ1n) is 14.6. The average Bonchev–Trinajstić information content (AvgIpc) is 3.01. The van der Waals surface area contributed by atoms with E-state index in [1.54, 1.807) is 39.5 Å². The maximum Gasteiger partial charge on any atom is 0.500 e. The van der Waals surface area contributed by atoms with Crippen molar-refractivity contribution < 1.29 is 30.7 Å². The van der Waals surface area contributed by atoms with Gasteiger partial charge in [0, 0.05) is 86.3 Å². The smallest absolute Gasteiger partial charge is 0.500 e. The predicted molar refractivity (Wildman–Crippen MR) is 171 cm³/mol. The molecular formula is C32H42N2O7SSi. The van der Waals surface area contributed by atoms with E-state index in [1.165, 1.54) is 6.07 Å². The van der Waals surface area contributed by atoms with Crippen molar-refractivity contribution >= 4 is 35.6 Å². The minimum Gasteiger partial charge on any atom is -0.744 e. The van der Waals surface area contributed by atoms with Crippen LogP contribution in [0.1, 0.15) is 27.7 Å². The summed E-state index contributed by atoms with van der Waals surface area (Å²) in [6.07, 6.45) is 0. The zero-order chi connectivity index (χ0) is 31.4. The van der Waals surface area contributed by atoms with E-state index in [-0.39, 0.29) is 10.8 Å². The number of rotatable bonds is 13. The molecule has 1 heterocycles. The zero-order valence-corrected chi connectivity index (χ0v) is 27.9. The minimum absolute atomic E-state index is 0.206. The van der Waals surface area contributed by atoms with Crippen LogP contribution in [-0.4, -0.2) is 69.3 Å². The predicted octanol–water partition coefficient (Wildman–Crippen LogP) is 5.26. The summed E-state index contributed by atoms with van der Waals surface area (Å²) in [6, 6.07) is 18.9. The summed E-state index contributed by atoms with van der Waals surface area (Å²) in [5.74, 6) is 0.798. The Kier molecular flexibility index (Phi) is 10.5. The van der Waals surface area contributed by atoms with Crippen molar-refractivity contribution in [1.29, 1.82) is 0 Å². The van der Waals surface area contributed by atoms with Crippen LogP contribution in [0.2, 0.25) is 6.04 Å². The van der Waals surface area contributed by atoms with Crippen LogP contribution in [0.15, 0.2) is 70.0 Å². The lowest BCUT2D eigenvalue weighted by molar-refractivity contribution is 0.118. The van der Waals surface area contributed by atoms with Gasteiger partial charge in [0.05, 0.1) is 11.0 Å². The highest BCUT2D eigenvalue weighted by Crippen LogP contribution is 2.42. The lowest BCUT2D eigenvalue weighted by Gasteiger charge is -2.26. The third-order valence-electron chi connectivity index (χ3n) is 8.05. The van der Waals surface area contributed by atoms with Crippen LogP contribution in [0, 0.1) is 5.92 Å². The molecule has 0 amide bonds. The van der Waals surface area contributed by atoms with Gasteiger partial charge in [-0.3, -0.25) is 0 Å². The van der Waals surface area contributed by atoms with Gasteiger partial charge < -0.3 is 27.1 Å². The summed E-state index contributed by atoms with van der Waals surface area (Å²) in [5, 5.41) is 1.69. The molecule has 11 heteroatoms. The van der Waals surface area contributed by atoms with Gasteiger partial charge >= 0.3 is 8.80 Å².